The van der Waals surface area contributed by atoms with Gasteiger partial charge in [-0.2, -0.15) is 0 Å². The second-order valence-corrected chi connectivity index (χ2v) is 13.4. The third-order valence-corrected chi connectivity index (χ3v) is 7.75. The van der Waals surface area contributed by atoms with Gasteiger partial charge in [-0.05, 0) is 52.5 Å². The molecule has 1 aromatic carbocycles. The van der Waals surface area contributed by atoms with E-state index < -0.39 is 53.7 Å². The number of rotatable bonds is 15. The molecule has 3 amide bonds. The Morgan fingerprint density at radius 2 is 1.61 bits per heavy atom. The third-order valence-electron chi connectivity index (χ3n) is 7.75. The molecule has 0 bridgehead atoms. The number of ether oxygens (including phenoxy) is 2. The van der Waals surface area contributed by atoms with Gasteiger partial charge in [-0.25, -0.2) is 9.78 Å². The average molecular weight is 642 g/mol. The Morgan fingerprint density at radius 3 is 2.22 bits per heavy atom. The first-order chi connectivity index (χ1) is 21.8. The summed E-state index contributed by atoms with van der Waals surface area (Å²) >= 11 is 0. The number of nitrogens with one attached hydrogen (secondary N) is 4. The number of carbonyl (C=O) groups excluding carboxylic acids is 4. The summed E-state index contributed by atoms with van der Waals surface area (Å²) in [7, 11) is 0. The molecule has 3 rings (SSSR count). The lowest BCUT2D eigenvalue weighted by atomic mass is 9.83. The predicted molar refractivity (Wildman–Crippen MR) is 173 cm³/mol. The van der Waals surface area contributed by atoms with Gasteiger partial charge in [-0.1, -0.05) is 62.4 Å². The SMILES string of the molecule is CC(C)OC(=O)C[C@H](O)[C@H](CC1CCCCC1)NC(=O)[C@H](Cc1cnc[nH]1)NC(=O)[C@H](Cc1ccccc1)NC(=O)OC(C)(C)C. The molecule has 0 spiro atoms. The fourth-order valence-electron chi connectivity index (χ4n) is 5.61. The fraction of sp³-hybridized carbons (Fsp3) is 0.618. The highest BCUT2D eigenvalue weighted by Gasteiger charge is 2.33. The number of nitrogens with zero attached hydrogens (tertiary/aromatic N) is 1. The van der Waals surface area contributed by atoms with Gasteiger partial charge in [0.15, 0.2) is 0 Å². The van der Waals surface area contributed by atoms with Gasteiger partial charge in [-0.3, -0.25) is 14.4 Å². The number of carbonyl (C=O) groups is 4. The minimum absolute atomic E-state index is 0.0731. The van der Waals surface area contributed by atoms with Gasteiger partial charge in [0.05, 0.1) is 31.0 Å². The second kappa shape index (κ2) is 17.7. The van der Waals surface area contributed by atoms with Crippen molar-refractivity contribution < 1.29 is 33.8 Å². The van der Waals surface area contributed by atoms with Crippen molar-refractivity contribution in [1.29, 1.82) is 0 Å². The first-order valence-electron chi connectivity index (χ1n) is 16.3. The van der Waals surface area contributed by atoms with Crippen LogP contribution in [0.15, 0.2) is 42.9 Å². The number of aromatic nitrogens is 2. The molecule has 0 radical (unpaired) electrons. The number of alkyl carbamates (subject to hydrolysis) is 1. The van der Waals surface area contributed by atoms with Gasteiger partial charge in [0.1, 0.15) is 17.7 Å². The number of aliphatic hydroxyl groups excluding tert-OH is 1. The van der Waals surface area contributed by atoms with Crippen LogP contribution in [0.2, 0.25) is 0 Å². The van der Waals surface area contributed by atoms with Crippen molar-refractivity contribution in [3.05, 3.63) is 54.1 Å². The smallest absolute Gasteiger partial charge is 0.408 e. The summed E-state index contributed by atoms with van der Waals surface area (Å²) in [5.41, 5.74) is 0.624. The Morgan fingerprint density at radius 1 is 0.957 bits per heavy atom. The molecule has 1 heterocycles. The quantitative estimate of drug-likeness (QED) is 0.183. The van der Waals surface area contributed by atoms with Gasteiger partial charge >= 0.3 is 12.1 Å². The topological polar surface area (TPSA) is 172 Å². The molecule has 4 atom stereocenters. The number of aliphatic hydroxyl groups is 1. The molecule has 1 fully saturated rings. The fourth-order valence-corrected chi connectivity index (χ4v) is 5.61. The molecular weight excluding hydrogens is 590 g/mol. The summed E-state index contributed by atoms with van der Waals surface area (Å²) in [4.78, 5) is 59.9. The normalized spacial score (nSPS) is 16.5. The lowest BCUT2D eigenvalue weighted by molar-refractivity contribution is -0.150. The van der Waals surface area contributed by atoms with Crippen LogP contribution in [0, 0.1) is 5.92 Å². The highest BCUT2D eigenvalue weighted by atomic mass is 16.6. The number of esters is 1. The zero-order valence-electron chi connectivity index (χ0n) is 27.7. The molecule has 1 aromatic heterocycles. The lowest BCUT2D eigenvalue weighted by Gasteiger charge is -2.31. The molecule has 1 aliphatic carbocycles. The molecule has 12 nitrogen and oxygen atoms in total. The van der Waals surface area contributed by atoms with Crippen molar-refractivity contribution in [2.24, 2.45) is 5.92 Å². The van der Waals surface area contributed by atoms with E-state index in [4.69, 9.17) is 9.47 Å². The molecule has 0 aliphatic heterocycles. The van der Waals surface area contributed by atoms with Crippen LogP contribution in [0.1, 0.15) is 90.8 Å². The number of H-pyrrole nitrogens is 1. The molecule has 5 N–H and O–H groups in total. The summed E-state index contributed by atoms with van der Waals surface area (Å²) in [5, 5.41) is 19.6. The summed E-state index contributed by atoms with van der Waals surface area (Å²) in [6.07, 6.45) is 6.45. The molecular formula is C34H51N5O7. The summed E-state index contributed by atoms with van der Waals surface area (Å²) in [6.45, 7) is 8.65. The number of imidazole rings is 1. The number of aromatic amines is 1. The van der Waals surface area contributed by atoms with E-state index in [1.807, 2.05) is 30.3 Å². The van der Waals surface area contributed by atoms with E-state index >= 15 is 0 Å². The molecule has 2 aromatic rings. The maximum Gasteiger partial charge on any atom is 0.408 e. The lowest BCUT2D eigenvalue weighted by Crippen LogP contribution is -2.57. The van der Waals surface area contributed by atoms with E-state index in [2.05, 4.69) is 25.9 Å². The van der Waals surface area contributed by atoms with E-state index in [1.54, 1.807) is 40.8 Å². The Kier molecular flexibility index (Phi) is 14.0. The second-order valence-electron chi connectivity index (χ2n) is 13.4. The van der Waals surface area contributed by atoms with Crippen LogP contribution < -0.4 is 16.0 Å². The summed E-state index contributed by atoms with van der Waals surface area (Å²) in [5.74, 6) is -1.39. The van der Waals surface area contributed by atoms with Crippen molar-refractivity contribution in [3.63, 3.8) is 0 Å². The highest BCUT2D eigenvalue weighted by Crippen LogP contribution is 2.28. The summed E-state index contributed by atoms with van der Waals surface area (Å²) in [6, 6.07) is 6.32. The van der Waals surface area contributed by atoms with Gasteiger partial charge in [0.25, 0.3) is 0 Å². The van der Waals surface area contributed by atoms with Crippen LogP contribution in [0.3, 0.4) is 0 Å². The number of amides is 3. The molecule has 0 unspecified atom stereocenters. The Balaban J connectivity index is 1.82. The van der Waals surface area contributed by atoms with Crippen LogP contribution in [0.5, 0.6) is 0 Å². The van der Waals surface area contributed by atoms with Crippen LogP contribution >= 0.6 is 0 Å². The van der Waals surface area contributed by atoms with E-state index in [0.717, 1.165) is 37.7 Å². The van der Waals surface area contributed by atoms with E-state index in [-0.39, 0.29) is 31.3 Å². The van der Waals surface area contributed by atoms with Crippen molar-refractivity contribution in [1.82, 2.24) is 25.9 Å². The van der Waals surface area contributed by atoms with E-state index in [1.165, 1.54) is 6.33 Å². The largest absolute Gasteiger partial charge is 0.463 e. The average Bonchev–Trinajstić information content (AvgIpc) is 3.49. The van der Waals surface area contributed by atoms with Gasteiger partial charge < -0.3 is 35.5 Å². The predicted octanol–water partition coefficient (Wildman–Crippen LogP) is 3.73. The standard InChI is InChI=1S/C34H51N5O7/c1-22(2)45-30(41)19-29(40)26(16-23-12-8-6-9-13-23)37-32(43)28(18-25-20-35-21-36-25)38-31(42)27(17-24-14-10-7-11-15-24)39-33(44)46-34(3,4)5/h7,10-11,14-15,20-23,26-29,40H,6,8-9,12-13,16-19H2,1-5H3,(H,35,36)(H,37,43)(H,38,42)(H,39,44)/t26-,27-,28-,29-/m0/s1. The molecule has 254 valence electrons. The molecule has 12 heteroatoms. The zero-order chi connectivity index (χ0) is 33.7. The Hall–Kier alpha value is -3.93. The van der Waals surface area contributed by atoms with Crippen LogP contribution in [-0.4, -0.2) is 74.9 Å². The van der Waals surface area contributed by atoms with Gasteiger partial charge in [0, 0.05) is 24.7 Å². The number of benzene rings is 1. The first-order valence-corrected chi connectivity index (χ1v) is 16.3. The zero-order valence-corrected chi connectivity index (χ0v) is 27.7. The first kappa shape index (κ1) is 36.5. The third kappa shape index (κ3) is 13.2. The number of hydrogen-bond acceptors (Lipinski definition) is 8. The molecule has 1 saturated carbocycles. The summed E-state index contributed by atoms with van der Waals surface area (Å²) < 4.78 is 10.7. The Labute approximate surface area is 271 Å². The van der Waals surface area contributed by atoms with Gasteiger partial charge in [-0.15, -0.1) is 0 Å². The minimum Gasteiger partial charge on any atom is -0.463 e. The van der Waals surface area contributed by atoms with E-state index in [0.29, 0.717) is 12.1 Å². The van der Waals surface area contributed by atoms with Crippen molar-refractivity contribution in [3.8, 4) is 0 Å². The highest BCUT2D eigenvalue weighted by molar-refractivity contribution is 5.91. The van der Waals surface area contributed by atoms with Gasteiger partial charge in [0.2, 0.25) is 11.8 Å². The monoisotopic (exact) mass is 641 g/mol. The van der Waals surface area contributed by atoms with Crippen LogP contribution in [-0.2, 0) is 36.7 Å². The molecule has 0 saturated heterocycles. The molecule has 46 heavy (non-hydrogen) atoms. The van der Waals surface area contributed by atoms with E-state index in [9.17, 15) is 24.3 Å². The maximum atomic E-state index is 13.9. The molecule has 1 aliphatic rings. The van der Waals surface area contributed by atoms with Crippen molar-refractivity contribution in [2.75, 3.05) is 0 Å². The maximum absolute atomic E-state index is 13.9. The van der Waals surface area contributed by atoms with Crippen molar-refractivity contribution >= 4 is 23.9 Å². The Bertz CT molecular complexity index is 1240. The van der Waals surface area contributed by atoms with Crippen LogP contribution in [0.25, 0.3) is 0 Å². The van der Waals surface area contributed by atoms with Crippen LogP contribution in [0.4, 0.5) is 4.79 Å². The van der Waals surface area contributed by atoms with Crippen molar-refractivity contribution in [2.45, 2.75) is 128 Å². The number of hydrogen-bond donors (Lipinski definition) is 5. The minimum atomic E-state index is -1.18.